The van der Waals surface area contributed by atoms with Crippen LogP contribution in [0.1, 0.15) is 45.9 Å². The van der Waals surface area contributed by atoms with Crippen molar-refractivity contribution in [2.45, 2.75) is 33.1 Å². The Morgan fingerprint density at radius 2 is 1.88 bits per heavy atom. The number of carbonyl (C=O) groups excluding carboxylic acids is 1. The Balaban J connectivity index is 1.37. The summed E-state index contributed by atoms with van der Waals surface area (Å²) in [5.74, 6) is -0.218. The highest BCUT2D eigenvalue weighted by atomic mass is 32.1. The number of anilines is 1. The number of thiophene rings is 1. The Bertz CT molecular complexity index is 1300. The maximum atomic E-state index is 13.0. The van der Waals surface area contributed by atoms with E-state index in [4.69, 9.17) is 4.98 Å². The smallest absolute Gasteiger partial charge is 0.273 e. The predicted octanol–water partition coefficient (Wildman–Crippen LogP) is 6.03. The lowest BCUT2D eigenvalue weighted by Gasteiger charge is -2.25. The van der Waals surface area contributed by atoms with Gasteiger partial charge in [-0.1, -0.05) is 35.6 Å². The molecule has 4 heterocycles. The van der Waals surface area contributed by atoms with Gasteiger partial charge in [0.25, 0.3) is 5.91 Å². The molecule has 1 fully saturated rings. The molecule has 4 aromatic rings. The number of piperidine rings is 1. The van der Waals surface area contributed by atoms with Crippen LogP contribution in [0.4, 0.5) is 5.13 Å². The van der Waals surface area contributed by atoms with E-state index in [1.807, 2.05) is 56.3 Å². The number of carbonyl (C=O) groups is 1. The third-order valence-electron chi connectivity index (χ3n) is 6.06. The van der Waals surface area contributed by atoms with E-state index in [0.29, 0.717) is 5.56 Å². The molecule has 6 nitrogen and oxygen atoms in total. The molecule has 1 N–H and O–H groups in total. The summed E-state index contributed by atoms with van der Waals surface area (Å²) in [7, 11) is 0. The lowest BCUT2D eigenvalue weighted by Crippen LogP contribution is -2.29. The van der Waals surface area contributed by atoms with Crippen LogP contribution in [0.15, 0.2) is 59.0 Å². The highest BCUT2D eigenvalue weighted by Crippen LogP contribution is 2.35. The van der Waals surface area contributed by atoms with Crippen LogP contribution in [-0.4, -0.2) is 34.8 Å². The van der Waals surface area contributed by atoms with Crippen molar-refractivity contribution < 1.29 is 4.79 Å². The lowest BCUT2D eigenvalue weighted by molar-refractivity contribution is 0.0954. The van der Waals surface area contributed by atoms with E-state index in [0.717, 1.165) is 50.7 Å². The topological polar surface area (TPSA) is 62.5 Å². The van der Waals surface area contributed by atoms with Gasteiger partial charge in [0.15, 0.2) is 5.13 Å². The molecule has 0 aliphatic carbocycles. The van der Waals surface area contributed by atoms with Crippen LogP contribution in [0.2, 0.25) is 0 Å². The monoisotopic (exact) mass is 489 g/mol. The second-order valence-electron chi connectivity index (χ2n) is 8.39. The first-order valence-corrected chi connectivity index (χ1v) is 13.2. The SMILES string of the molecule is Cc1cc(C(=O)N/N=C/c2sc(N3CCCCC3)nc2-c2cccs2)c(C)n1-c1ccccc1. The molecule has 3 aromatic heterocycles. The van der Waals surface area contributed by atoms with E-state index in [-0.39, 0.29) is 5.91 Å². The summed E-state index contributed by atoms with van der Waals surface area (Å²) >= 11 is 3.30. The fraction of sp³-hybridized carbons (Fsp3) is 0.269. The summed E-state index contributed by atoms with van der Waals surface area (Å²) in [4.78, 5) is 22.3. The van der Waals surface area contributed by atoms with Crippen LogP contribution in [0.25, 0.3) is 16.3 Å². The minimum atomic E-state index is -0.218. The molecule has 0 spiro atoms. The molecule has 5 rings (SSSR count). The third kappa shape index (κ3) is 4.56. The summed E-state index contributed by atoms with van der Waals surface area (Å²) in [6, 6.07) is 16.1. The largest absolute Gasteiger partial charge is 0.348 e. The first kappa shape index (κ1) is 22.6. The van der Waals surface area contributed by atoms with E-state index in [2.05, 4.69) is 31.4 Å². The van der Waals surface area contributed by atoms with Crippen molar-refractivity contribution in [1.29, 1.82) is 0 Å². The van der Waals surface area contributed by atoms with Crippen molar-refractivity contribution in [1.82, 2.24) is 15.0 Å². The van der Waals surface area contributed by atoms with Crippen LogP contribution in [0, 0.1) is 13.8 Å². The minimum absolute atomic E-state index is 0.218. The molecule has 1 aliphatic heterocycles. The molecular formula is C26H27N5OS2. The molecule has 0 saturated carbocycles. The van der Waals surface area contributed by atoms with Gasteiger partial charge in [0.2, 0.25) is 0 Å². The van der Waals surface area contributed by atoms with Gasteiger partial charge in [0, 0.05) is 30.2 Å². The van der Waals surface area contributed by atoms with Gasteiger partial charge in [-0.3, -0.25) is 4.79 Å². The van der Waals surface area contributed by atoms with E-state index in [1.54, 1.807) is 28.9 Å². The maximum absolute atomic E-state index is 13.0. The van der Waals surface area contributed by atoms with Gasteiger partial charge in [0.05, 0.1) is 21.5 Å². The fourth-order valence-electron chi connectivity index (χ4n) is 4.39. The number of aromatic nitrogens is 2. The van der Waals surface area contributed by atoms with Crippen molar-refractivity contribution in [2.24, 2.45) is 5.10 Å². The van der Waals surface area contributed by atoms with E-state index in [1.165, 1.54) is 19.3 Å². The molecule has 34 heavy (non-hydrogen) atoms. The molecule has 1 aromatic carbocycles. The fourth-order valence-corrected chi connectivity index (χ4v) is 6.19. The first-order chi connectivity index (χ1) is 16.6. The highest BCUT2D eigenvalue weighted by Gasteiger charge is 2.20. The van der Waals surface area contributed by atoms with E-state index >= 15 is 0 Å². The van der Waals surface area contributed by atoms with Gasteiger partial charge in [-0.25, -0.2) is 10.4 Å². The Labute approximate surface area is 207 Å². The number of hydrogen-bond donors (Lipinski definition) is 1. The minimum Gasteiger partial charge on any atom is -0.348 e. The number of aryl methyl sites for hydroxylation is 1. The van der Waals surface area contributed by atoms with E-state index < -0.39 is 0 Å². The summed E-state index contributed by atoms with van der Waals surface area (Å²) in [5.41, 5.74) is 7.21. The van der Waals surface area contributed by atoms with Crippen LogP contribution in [0.3, 0.4) is 0 Å². The van der Waals surface area contributed by atoms with Crippen molar-refractivity contribution in [3.05, 3.63) is 75.7 Å². The molecule has 0 unspecified atom stereocenters. The van der Waals surface area contributed by atoms with Crippen molar-refractivity contribution >= 4 is 39.9 Å². The first-order valence-electron chi connectivity index (χ1n) is 11.5. The van der Waals surface area contributed by atoms with Gasteiger partial charge >= 0.3 is 0 Å². The number of para-hydroxylation sites is 1. The number of thiazole rings is 1. The zero-order chi connectivity index (χ0) is 23.5. The number of nitrogens with one attached hydrogen (secondary N) is 1. The Morgan fingerprint density at radius 3 is 2.62 bits per heavy atom. The van der Waals surface area contributed by atoms with Gasteiger partial charge < -0.3 is 9.47 Å². The van der Waals surface area contributed by atoms with Gasteiger partial charge in [0.1, 0.15) is 5.69 Å². The summed E-state index contributed by atoms with van der Waals surface area (Å²) in [6.07, 6.45) is 5.42. The molecule has 8 heteroatoms. The number of rotatable bonds is 6. The molecule has 174 valence electrons. The van der Waals surface area contributed by atoms with Crippen molar-refractivity contribution in [2.75, 3.05) is 18.0 Å². The second-order valence-corrected chi connectivity index (χ2v) is 10.3. The maximum Gasteiger partial charge on any atom is 0.273 e. The second kappa shape index (κ2) is 9.95. The average Bonchev–Trinajstić information content (AvgIpc) is 3.59. The number of benzene rings is 1. The number of hydrazone groups is 1. The molecule has 1 saturated heterocycles. The zero-order valence-electron chi connectivity index (χ0n) is 19.3. The number of hydrogen-bond acceptors (Lipinski definition) is 6. The normalized spacial score (nSPS) is 14.1. The Morgan fingerprint density at radius 1 is 1.09 bits per heavy atom. The predicted molar refractivity (Wildman–Crippen MR) is 142 cm³/mol. The Hall–Kier alpha value is -3.23. The van der Waals surface area contributed by atoms with Crippen LogP contribution < -0.4 is 10.3 Å². The molecular weight excluding hydrogens is 462 g/mol. The standard InChI is InChI=1S/C26H27N5OS2/c1-18-16-21(19(2)31(18)20-10-5-3-6-11-20)25(32)29-27-17-23-24(22-12-9-15-33-22)28-26(34-23)30-13-7-4-8-14-30/h3,5-6,9-12,15-17H,4,7-8,13-14H2,1-2H3,(H,29,32)/b27-17+. The average molecular weight is 490 g/mol. The third-order valence-corrected chi connectivity index (χ3v) is 7.99. The molecule has 0 radical (unpaired) electrons. The molecule has 1 aliphatic rings. The van der Waals surface area contributed by atoms with Gasteiger partial charge in [-0.05, 0) is 62.8 Å². The molecule has 0 atom stereocenters. The summed E-state index contributed by atoms with van der Waals surface area (Å²) in [5, 5.41) is 7.41. The highest BCUT2D eigenvalue weighted by molar-refractivity contribution is 7.18. The van der Waals surface area contributed by atoms with Gasteiger partial charge in [-0.15, -0.1) is 11.3 Å². The number of nitrogens with zero attached hydrogens (tertiary/aromatic N) is 4. The number of amides is 1. The van der Waals surface area contributed by atoms with Crippen molar-refractivity contribution in [3.8, 4) is 16.3 Å². The summed E-state index contributed by atoms with van der Waals surface area (Å²) < 4.78 is 2.08. The van der Waals surface area contributed by atoms with Crippen molar-refractivity contribution in [3.63, 3.8) is 0 Å². The van der Waals surface area contributed by atoms with Crippen LogP contribution in [-0.2, 0) is 0 Å². The molecule has 1 amide bonds. The van der Waals surface area contributed by atoms with Crippen LogP contribution >= 0.6 is 22.7 Å². The molecule has 0 bridgehead atoms. The van der Waals surface area contributed by atoms with E-state index in [9.17, 15) is 4.79 Å². The van der Waals surface area contributed by atoms with Gasteiger partial charge in [-0.2, -0.15) is 5.10 Å². The van der Waals surface area contributed by atoms with Crippen LogP contribution in [0.5, 0.6) is 0 Å². The lowest BCUT2D eigenvalue weighted by atomic mass is 10.1. The summed E-state index contributed by atoms with van der Waals surface area (Å²) in [6.45, 7) is 6.05. The Kier molecular flexibility index (Phi) is 6.60. The zero-order valence-corrected chi connectivity index (χ0v) is 21.0. The quantitative estimate of drug-likeness (QED) is 0.266.